The maximum absolute atomic E-state index is 12.0. The molecule has 2 heterocycles. The lowest BCUT2D eigenvalue weighted by Crippen LogP contribution is -2.45. The Morgan fingerprint density at radius 2 is 2.00 bits per heavy atom. The number of rotatable bonds is 4. The number of piperidine rings is 1. The molecule has 2 aliphatic rings. The summed E-state index contributed by atoms with van der Waals surface area (Å²) >= 11 is 0. The molecule has 0 radical (unpaired) electrons. The molecule has 0 spiro atoms. The topological polar surface area (TPSA) is 76.1 Å². The molecule has 2 rings (SSSR count). The van der Waals surface area contributed by atoms with Crippen LogP contribution >= 0.6 is 0 Å². The van der Waals surface area contributed by atoms with Gasteiger partial charge in [-0.1, -0.05) is 0 Å². The minimum absolute atomic E-state index is 0.0466. The summed E-state index contributed by atoms with van der Waals surface area (Å²) in [7, 11) is 0. The summed E-state index contributed by atoms with van der Waals surface area (Å²) in [6.45, 7) is 1.67. The van der Waals surface area contributed by atoms with Gasteiger partial charge in [-0.15, -0.1) is 0 Å². The number of nitrogens with zero attached hydrogens (tertiary/aromatic N) is 1. The highest BCUT2D eigenvalue weighted by Crippen LogP contribution is 2.19. The van der Waals surface area contributed by atoms with Gasteiger partial charge < -0.3 is 19.5 Å². The quantitative estimate of drug-likeness (QED) is 0.781. The van der Waals surface area contributed by atoms with E-state index >= 15 is 0 Å². The predicted octanol–water partition coefficient (Wildman–Crippen LogP) is 0.258. The molecule has 2 fully saturated rings. The second-order valence-corrected chi connectivity index (χ2v) is 4.73. The highest BCUT2D eigenvalue weighted by Gasteiger charge is 2.31. The molecule has 18 heavy (non-hydrogen) atoms. The van der Waals surface area contributed by atoms with Crippen molar-refractivity contribution < 1.29 is 24.2 Å². The summed E-state index contributed by atoms with van der Waals surface area (Å²) in [5.74, 6) is -0.878. The molecular weight excluding hydrogens is 238 g/mol. The zero-order chi connectivity index (χ0) is 13.0. The maximum Gasteiger partial charge on any atom is 0.329 e. The van der Waals surface area contributed by atoms with Crippen LogP contribution in [0.4, 0.5) is 0 Å². The predicted molar refractivity (Wildman–Crippen MR) is 62.2 cm³/mol. The van der Waals surface area contributed by atoms with Gasteiger partial charge in [0.15, 0.2) is 0 Å². The maximum atomic E-state index is 12.0. The molecule has 0 saturated carbocycles. The lowest BCUT2D eigenvalue weighted by molar-refractivity contribution is -0.149. The Bertz CT molecular complexity index is 306. The molecule has 1 amide bonds. The van der Waals surface area contributed by atoms with Gasteiger partial charge in [-0.2, -0.15) is 0 Å². The van der Waals surface area contributed by atoms with Crippen LogP contribution in [-0.4, -0.2) is 60.4 Å². The number of carbonyl (C=O) groups is 2. The Morgan fingerprint density at radius 1 is 1.28 bits per heavy atom. The number of amides is 1. The van der Waals surface area contributed by atoms with Gasteiger partial charge in [-0.25, -0.2) is 4.79 Å². The number of likely N-dealkylation sites (tertiary alicyclic amines) is 1. The second-order valence-electron chi connectivity index (χ2n) is 4.73. The monoisotopic (exact) mass is 257 g/mol. The average Bonchev–Trinajstić information content (AvgIpc) is 2.90. The van der Waals surface area contributed by atoms with E-state index in [4.69, 9.17) is 14.6 Å². The molecule has 0 bridgehead atoms. The normalized spacial score (nSPS) is 25.3. The first-order valence-corrected chi connectivity index (χ1v) is 6.40. The van der Waals surface area contributed by atoms with Crippen molar-refractivity contribution in [2.75, 3.05) is 26.3 Å². The van der Waals surface area contributed by atoms with Crippen LogP contribution in [0.5, 0.6) is 0 Å². The van der Waals surface area contributed by atoms with Gasteiger partial charge in [0, 0.05) is 19.7 Å². The fourth-order valence-corrected chi connectivity index (χ4v) is 2.41. The summed E-state index contributed by atoms with van der Waals surface area (Å²) in [5, 5.41) is 8.52. The van der Waals surface area contributed by atoms with Crippen LogP contribution in [0.3, 0.4) is 0 Å². The lowest BCUT2D eigenvalue weighted by Gasteiger charge is -2.32. The molecule has 0 aliphatic carbocycles. The van der Waals surface area contributed by atoms with Crippen LogP contribution < -0.4 is 0 Å². The van der Waals surface area contributed by atoms with E-state index in [0.29, 0.717) is 32.5 Å². The molecule has 6 nitrogen and oxygen atoms in total. The van der Waals surface area contributed by atoms with Crippen LogP contribution in [0, 0.1) is 0 Å². The van der Waals surface area contributed by atoms with E-state index in [1.54, 1.807) is 4.90 Å². The Hall–Kier alpha value is -1.14. The Kier molecular flexibility index (Phi) is 4.54. The van der Waals surface area contributed by atoms with Crippen molar-refractivity contribution in [1.82, 2.24) is 4.90 Å². The van der Waals surface area contributed by atoms with Crippen molar-refractivity contribution in [3.05, 3.63) is 0 Å². The van der Waals surface area contributed by atoms with Crippen LogP contribution in [-0.2, 0) is 19.1 Å². The van der Waals surface area contributed by atoms with Gasteiger partial charge >= 0.3 is 5.97 Å². The molecule has 0 aromatic rings. The summed E-state index contributed by atoms with van der Waals surface area (Å²) < 4.78 is 10.6. The number of carboxylic acid groups (broad SMARTS) is 1. The highest BCUT2D eigenvalue weighted by molar-refractivity contribution is 5.81. The fourth-order valence-electron chi connectivity index (χ4n) is 2.41. The van der Waals surface area contributed by atoms with Crippen molar-refractivity contribution in [1.29, 1.82) is 0 Å². The van der Waals surface area contributed by atoms with Crippen LogP contribution in [0.25, 0.3) is 0 Å². The minimum Gasteiger partial charge on any atom is -0.480 e. The third-order valence-electron chi connectivity index (χ3n) is 3.40. The van der Waals surface area contributed by atoms with Crippen LogP contribution in [0.15, 0.2) is 0 Å². The Balaban J connectivity index is 1.72. The lowest BCUT2D eigenvalue weighted by atomic mass is 10.1. The minimum atomic E-state index is -0.951. The van der Waals surface area contributed by atoms with E-state index in [1.165, 1.54) is 0 Å². The van der Waals surface area contributed by atoms with E-state index in [-0.39, 0.29) is 24.7 Å². The first-order chi connectivity index (χ1) is 8.66. The molecule has 6 heteroatoms. The molecule has 102 valence electrons. The Labute approximate surface area is 106 Å². The average molecular weight is 257 g/mol. The van der Waals surface area contributed by atoms with Gasteiger partial charge in [0.05, 0.1) is 6.10 Å². The molecule has 0 unspecified atom stereocenters. The van der Waals surface area contributed by atoms with Crippen LogP contribution in [0.2, 0.25) is 0 Å². The van der Waals surface area contributed by atoms with Crippen molar-refractivity contribution in [2.45, 2.75) is 37.9 Å². The molecule has 0 aromatic carbocycles. The first-order valence-electron chi connectivity index (χ1n) is 6.40. The zero-order valence-corrected chi connectivity index (χ0v) is 10.3. The molecular formula is C12H19NO5. The molecule has 1 atom stereocenters. The number of ether oxygens (including phenoxy) is 2. The number of hydrogen-bond donors (Lipinski definition) is 1. The molecule has 0 aromatic heterocycles. The van der Waals surface area contributed by atoms with Crippen molar-refractivity contribution in [3.63, 3.8) is 0 Å². The molecule has 2 saturated heterocycles. The van der Waals surface area contributed by atoms with Gasteiger partial charge in [-0.05, 0) is 25.7 Å². The first kappa shape index (κ1) is 13.3. The standard InChI is InChI=1S/C12H19NO5/c14-11(15)8-18-9-3-5-13(6-4-9)12(16)10-2-1-7-17-10/h9-10H,1-8H2,(H,14,15)/t10-/m1/s1. The van der Waals surface area contributed by atoms with E-state index in [9.17, 15) is 9.59 Å². The smallest absolute Gasteiger partial charge is 0.329 e. The number of aliphatic carboxylic acids is 1. The molecule has 1 N–H and O–H groups in total. The number of carbonyl (C=O) groups excluding carboxylic acids is 1. The SMILES string of the molecule is O=C(O)COC1CCN(C(=O)[C@H]2CCCO2)CC1. The van der Waals surface area contributed by atoms with Gasteiger partial charge in [0.25, 0.3) is 5.91 Å². The van der Waals surface area contributed by atoms with E-state index in [2.05, 4.69) is 0 Å². The second kappa shape index (κ2) is 6.15. The Morgan fingerprint density at radius 3 is 2.56 bits per heavy atom. The van der Waals surface area contributed by atoms with Crippen LogP contribution in [0.1, 0.15) is 25.7 Å². The molecule has 2 aliphatic heterocycles. The number of hydrogen-bond acceptors (Lipinski definition) is 4. The summed E-state index contributed by atoms with van der Waals surface area (Å²) in [5.41, 5.74) is 0. The zero-order valence-electron chi connectivity index (χ0n) is 10.3. The summed E-state index contributed by atoms with van der Waals surface area (Å²) in [4.78, 5) is 24.2. The number of carboxylic acids is 1. The third kappa shape index (κ3) is 3.43. The summed E-state index contributed by atoms with van der Waals surface area (Å²) in [6, 6.07) is 0. The third-order valence-corrected chi connectivity index (χ3v) is 3.40. The van der Waals surface area contributed by atoms with E-state index < -0.39 is 5.97 Å². The van der Waals surface area contributed by atoms with E-state index in [1.807, 2.05) is 0 Å². The fraction of sp³-hybridized carbons (Fsp3) is 0.833. The van der Waals surface area contributed by atoms with Crippen molar-refractivity contribution >= 4 is 11.9 Å². The van der Waals surface area contributed by atoms with Crippen molar-refractivity contribution in [2.24, 2.45) is 0 Å². The summed E-state index contributed by atoms with van der Waals surface area (Å²) in [6.07, 6.45) is 2.86. The largest absolute Gasteiger partial charge is 0.480 e. The van der Waals surface area contributed by atoms with Crippen molar-refractivity contribution in [3.8, 4) is 0 Å². The van der Waals surface area contributed by atoms with Gasteiger partial charge in [0.1, 0.15) is 12.7 Å². The van der Waals surface area contributed by atoms with Gasteiger partial charge in [0.2, 0.25) is 0 Å². The highest BCUT2D eigenvalue weighted by atomic mass is 16.5. The van der Waals surface area contributed by atoms with E-state index in [0.717, 1.165) is 12.8 Å². The van der Waals surface area contributed by atoms with Gasteiger partial charge in [-0.3, -0.25) is 4.79 Å².